The lowest BCUT2D eigenvalue weighted by molar-refractivity contribution is -0.870. The molecule has 2 N–H and O–H groups in total. The van der Waals surface area contributed by atoms with Crippen molar-refractivity contribution in [3.05, 3.63) is 24.3 Å². The number of aliphatic hydroxyl groups is 1. The maximum Gasteiger partial charge on any atom is 0.472 e. The summed E-state index contributed by atoms with van der Waals surface area (Å²) in [5, 5.41) is 9.84. The summed E-state index contributed by atoms with van der Waals surface area (Å²) in [6, 6.07) is 0. The van der Waals surface area contributed by atoms with Crippen LogP contribution < -0.4 is 0 Å². The number of esters is 1. The first-order valence-corrected chi connectivity index (χ1v) is 15.6. The van der Waals surface area contributed by atoms with Crippen molar-refractivity contribution in [1.29, 1.82) is 0 Å². The van der Waals surface area contributed by atoms with Gasteiger partial charge in [-0.15, -0.1) is 0 Å². The Kier molecular flexibility index (Phi) is 22.3. The van der Waals surface area contributed by atoms with Gasteiger partial charge in [0.2, 0.25) is 0 Å². The molecule has 218 valence electrons. The molecule has 9 heteroatoms. The van der Waals surface area contributed by atoms with Crippen molar-refractivity contribution in [1.82, 2.24) is 0 Å². The molecule has 0 aliphatic heterocycles. The lowest BCUT2D eigenvalue weighted by atomic mass is 10.1. The molecule has 0 bridgehead atoms. The molecule has 0 rings (SSSR count). The molecule has 8 nitrogen and oxygen atoms in total. The Morgan fingerprint density at radius 2 is 1.41 bits per heavy atom. The number of aliphatic hydroxyl groups excluding tert-OH is 1. The summed E-state index contributed by atoms with van der Waals surface area (Å²) < 4.78 is 27.1. The van der Waals surface area contributed by atoms with Crippen LogP contribution in [0.15, 0.2) is 24.3 Å². The second kappa shape index (κ2) is 22.9. The van der Waals surface area contributed by atoms with Gasteiger partial charge in [-0.2, -0.15) is 0 Å². The van der Waals surface area contributed by atoms with E-state index in [0.29, 0.717) is 17.4 Å². The van der Waals surface area contributed by atoms with E-state index in [4.69, 9.17) is 13.8 Å². The van der Waals surface area contributed by atoms with Crippen molar-refractivity contribution in [3.8, 4) is 0 Å². The van der Waals surface area contributed by atoms with Crippen LogP contribution in [0.4, 0.5) is 0 Å². The normalized spacial score (nSPS) is 14.9. The van der Waals surface area contributed by atoms with Gasteiger partial charge in [0.1, 0.15) is 25.9 Å². The van der Waals surface area contributed by atoms with E-state index in [1.165, 1.54) is 51.4 Å². The van der Waals surface area contributed by atoms with Gasteiger partial charge in [0, 0.05) is 6.42 Å². The van der Waals surface area contributed by atoms with Gasteiger partial charge in [0.05, 0.1) is 27.7 Å². The Hall–Kier alpha value is -1.02. The first-order valence-electron chi connectivity index (χ1n) is 14.1. The van der Waals surface area contributed by atoms with Crippen molar-refractivity contribution in [2.75, 3.05) is 47.5 Å². The van der Waals surface area contributed by atoms with Gasteiger partial charge in [0.15, 0.2) is 0 Å². The predicted octanol–water partition coefficient (Wildman–Crippen LogP) is 6.32. The molecular formula is C28H55NO7P+. The Bertz CT molecular complexity index is 661. The van der Waals surface area contributed by atoms with Crippen LogP contribution >= 0.6 is 7.82 Å². The number of unbranched alkanes of at least 4 members (excludes halogenated alkanes) is 10. The summed E-state index contributed by atoms with van der Waals surface area (Å²) >= 11 is 0. The minimum absolute atomic E-state index is 0.0526. The van der Waals surface area contributed by atoms with Crippen LogP contribution in [0.25, 0.3) is 0 Å². The van der Waals surface area contributed by atoms with Crippen molar-refractivity contribution in [3.63, 3.8) is 0 Å². The number of nitrogens with zero attached hydrogens (tertiary/aromatic N) is 1. The first kappa shape index (κ1) is 36.0. The Morgan fingerprint density at radius 1 is 0.838 bits per heavy atom. The van der Waals surface area contributed by atoms with E-state index < -0.39 is 20.5 Å². The molecule has 0 aliphatic carbocycles. The molecule has 0 aliphatic rings. The molecule has 0 spiro atoms. The van der Waals surface area contributed by atoms with Gasteiger partial charge < -0.3 is 19.2 Å². The van der Waals surface area contributed by atoms with E-state index in [1.807, 2.05) is 21.1 Å². The molecule has 0 radical (unpaired) electrons. The Balaban J connectivity index is 3.58. The smallest absolute Gasteiger partial charge is 0.463 e. The monoisotopic (exact) mass is 548 g/mol. The number of quaternary nitrogens is 1. The summed E-state index contributed by atoms with van der Waals surface area (Å²) in [5.41, 5.74) is 0. The number of carbonyl (C=O) groups excluding carboxylic acids is 1. The zero-order valence-corrected chi connectivity index (χ0v) is 24.8. The van der Waals surface area contributed by atoms with E-state index in [9.17, 15) is 19.4 Å². The van der Waals surface area contributed by atoms with E-state index >= 15 is 0 Å². The number of hydrogen-bond donors (Lipinski definition) is 2. The number of ether oxygens (including phenoxy) is 1. The highest BCUT2D eigenvalue weighted by atomic mass is 31.2. The molecule has 0 heterocycles. The fourth-order valence-electron chi connectivity index (χ4n) is 3.39. The molecule has 37 heavy (non-hydrogen) atoms. The number of allylic oxidation sites excluding steroid dienone is 4. The van der Waals surface area contributed by atoms with Crippen molar-refractivity contribution in [2.24, 2.45) is 0 Å². The molecule has 0 aromatic heterocycles. The number of carbonyl (C=O) groups is 1. The van der Waals surface area contributed by atoms with Crippen molar-refractivity contribution < 1.29 is 37.6 Å². The highest BCUT2D eigenvalue weighted by Crippen LogP contribution is 2.43. The van der Waals surface area contributed by atoms with Crippen LogP contribution in [0.3, 0.4) is 0 Å². The fraction of sp³-hybridized carbons (Fsp3) is 0.821. The summed E-state index contributed by atoms with van der Waals surface area (Å²) in [7, 11) is 1.55. The summed E-state index contributed by atoms with van der Waals surface area (Å²) in [6.45, 7) is 2.09. The van der Waals surface area contributed by atoms with Gasteiger partial charge in [-0.1, -0.05) is 76.2 Å². The number of hydrogen-bond acceptors (Lipinski definition) is 6. The van der Waals surface area contributed by atoms with E-state index in [0.717, 1.165) is 32.1 Å². The maximum absolute atomic E-state index is 11.8. The lowest BCUT2D eigenvalue weighted by Gasteiger charge is -2.24. The SMILES string of the molecule is CCCCC/C=C\C/C=C\CCCCCCCCCC(=O)OC[C@@H](O)COP(=O)(O)OCC[N+](C)(C)C. The first-order chi connectivity index (χ1) is 17.6. The third-order valence-corrected chi connectivity index (χ3v) is 6.70. The summed E-state index contributed by atoms with van der Waals surface area (Å²) in [5.74, 6) is -0.381. The van der Waals surface area contributed by atoms with Gasteiger partial charge in [-0.05, 0) is 38.5 Å². The third kappa shape index (κ3) is 27.8. The Morgan fingerprint density at radius 3 is 2.00 bits per heavy atom. The highest BCUT2D eigenvalue weighted by Gasteiger charge is 2.24. The molecule has 0 aromatic carbocycles. The quantitative estimate of drug-likeness (QED) is 0.0452. The van der Waals surface area contributed by atoms with Crippen LogP contribution in [-0.4, -0.2) is 74.1 Å². The van der Waals surface area contributed by atoms with Crippen molar-refractivity contribution in [2.45, 2.75) is 103 Å². The Labute approximate surface area is 226 Å². The number of rotatable bonds is 25. The molecular weight excluding hydrogens is 493 g/mol. The zero-order chi connectivity index (χ0) is 27.8. The molecule has 0 fully saturated rings. The number of phosphoric ester groups is 1. The third-order valence-electron chi connectivity index (χ3n) is 5.71. The average molecular weight is 549 g/mol. The van der Waals surface area contributed by atoms with Crippen LogP contribution in [0.2, 0.25) is 0 Å². The van der Waals surface area contributed by atoms with Crippen LogP contribution in [0, 0.1) is 0 Å². The summed E-state index contributed by atoms with van der Waals surface area (Å²) in [4.78, 5) is 21.5. The molecule has 0 amide bonds. The second-order valence-corrected chi connectivity index (χ2v) is 12.1. The molecule has 0 aromatic rings. The lowest BCUT2D eigenvalue weighted by Crippen LogP contribution is -2.37. The van der Waals surface area contributed by atoms with Gasteiger partial charge >= 0.3 is 13.8 Å². The fourth-order valence-corrected chi connectivity index (χ4v) is 4.14. The zero-order valence-electron chi connectivity index (χ0n) is 23.9. The van der Waals surface area contributed by atoms with Crippen LogP contribution in [0.1, 0.15) is 96.8 Å². The molecule has 1 unspecified atom stereocenters. The van der Waals surface area contributed by atoms with Crippen LogP contribution in [-0.2, 0) is 23.1 Å². The summed E-state index contributed by atoms with van der Waals surface area (Å²) in [6.07, 6.45) is 23.2. The van der Waals surface area contributed by atoms with Gasteiger partial charge in [0.25, 0.3) is 0 Å². The largest absolute Gasteiger partial charge is 0.472 e. The highest BCUT2D eigenvalue weighted by molar-refractivity contribution is 7.47. The minimum Gasteiger partial charge on any atom is -0.463 e. The number of likely N-dealkylation sites (N-methyl/N-ethyl adjacent to an activating group) is 1. The maximum atomic E-state index is 11.8. The van der Waals surface area contributed by atoms with E-state index in [-0.39, 0.29) is 19.2 Å². The molecule has 2 atom stereocenters. The van der Waals surface area contributed by atoms with Crippen molar-refractivity contribution >= 4 is 13.8 Å². The standard InChI is InChI=1S/C28H54NO7P/c1-5-6-7-8-9-10-11-12-13-14-15-16-17-18-19-20-21-22-28(31)34-25-27(30)26-36-37(32,33)35-24-23-29(2,3)4/h9-10,12-13,27,30H,5-8,11,14-26H2,1-4H3/p+1/b10-9-,13-12-/t27-/m1/s1. The van der Waals surface area contributed by atoms with Gasteiger partial charge in [-0.25, -0.2) is 4.57 Å². The average Bonchev–Trinajstić information content (AvgIpc) is 2.82. The van der Waals surface area contributed by atoms with Gasteiger partial charge in [-0.3, -0.25) is 13.8 Å². The van der Waals surface area contributed by atoms with Crippen LogP contribution in [0.5, 0.6) is 0 Å². The van der Waals surface area contributed by atoms with E-state index in [1.54, 1.807) is 0 Å². The van der Waals surface area contributed by atoms with E-state index in [2.05, 4.69) is 31.2 Å². The second-order valence-electron chi connectivity index (χ2n) is 10.6. The number of phosphoric acid groups is 1. The molecule has 0 saturated heterocycles. The minimum atomic E-state index is -4.24. The predicted molar refractivity (Wildman–Crippen MR) is 150 cm³/mol. The topological polar surface area (TPSA) is 102 Å². The molecule has 0 saturated carbocycles.